The van der Waals surface area contributed by atoms with Crippen LogP contribution in [0.1, 0.15) is 68.7 Å². The van der Waals surface area contributed by atoms with Crippen molar-refractivity contribution in [1.29, 1.82) is 0 Å². The van der Waals surface area contributed by atoms with Crippen LogP contribution in [-0.4, -0.2) is 41.5 Å². The van der Waals surface area contributed by atoms with Crippen molar-refractivity contribution in [1.82, 2.24) is 29.3 Å². The van der Waals surface area contributed by atoms with Gasteiger partial charge in [-0.2, -0.15) is 10.1 Å². The van der Waals surface area contributed by atoms with E-state index in [1.165, 1.54) is 6.07 Å². The van der Waals surface area contributed by atoms with E-state index in [9.17, 15) is 9.59 Å². The maximum atomic E-state index is 15.8. The molecule has 0 aliphatic carbocycles. The minimum atomic E-state index is -0.668. The lowest BCUT2D eigenvalue weighted by atomic mass is 9.95. The molecule has 1 aliphatic heterocycles. The number of aromatic amines is 1. The first-order valence-electron chi connectivity index (χ1n) is 14.3. The predicted molar refractivity (Wildman–Crippen MR) is 155 cm³/mol. The highest BCUT2D eigenvalue weighted by Crippen LogP contribution is 2.32. The van der Waals surface area contributed by atoms with Gasteiger partial charge >= 0.3 is 5.76 Å². The first-order chi connectivity index (χ1) is 20.2. The van der Waals surface area contributed by atoms with Crippen molar-refractivity contribution in [2.24, 2.45) is 0 Å². The Bertz CT molecular complexity index is 1880. The Balaban J connectivity index is 1.45. The summed E-state index contributed by atoms with van der Waals surface area (Å²) < 4.78 is 30.0. The third-order valence-corrected chi connectivity index (χ3v) is 7.87. The van der Waals surface area contributed by atoms with E-state index in [0.717, 1.165) is 12.1 Å². The van der Waals surface area contributed by atoms with Crippen LogP contribution in [0.4, 0.5) is 4.39 Å². The topological polar surface area (TPSA) is 120 Å². The molecule has 218 valence electrons. The molecule has 0 spiro atoms. The number of aryl methyl sites for hydroxylation is 2. The summed E-state index contributed by atoms with van der Waals surface area (Å²) in [5.74, 6) is 0.257. The number of aromatic nitrogens is 6. The van der Waals surface area contributed by atoms with Crippen LogP contribution < -0.4 is 11.3 Å². The molecule has 1 aliphatic rings. The SMILES string of the molecule is CCCc1c(Cc2ccc(-c3ccccc3-c3noc(=O)[nH]3)cc2F)c(=O)n([C@H]2C[C@@H](C)O[C@@H](C)C2)c2nc(C)nn12. The molecule has 42 heavy (non-hydrogen) atoms. The standard InChI is InChI=1S/C31H33FN6O4/c1-5-8-27-25(29(39)37(30-33-19(4)35-38(27)30)22-13-17(2)41-18(3)14-22)15-21-12-11-20(16-26(21)32)23-9-6-7-10-24(23)28-34-31(40)42-36-28/h6-7,9-12,16-18,22H,5,8,13-15H2,1-4H3,(H,34,36,40)/t17-,18+,22+. The van der Waals surface area contributed by atoms with E-state index in [1.807, 2.05) is 45.9 Å². The summed E-state index contributed by atoms with van der Waals surface area (Å²) in [5.41, 5.74) is 3.42. The number of halogens is 1. The molecule has 1 fully saturated rings. The first-order valence-corrected chi connectivity index (χ1v) is 14.3. The molecule has 10 nitrogen and oxygen atoms in total. The lowest BCUT2D eigenvalue weighted by molar-refractivity contribution is -0.0488. The van der Waals surface area contributed by atoms with Gasteiger partial charge in [0.25, 0.3) is 5.56 Å². The molecule has 0 saturated carbocycles. The van der Waals surface area contributed by atoms with Crippen LogP contribution >= 0.6 is 0 Å². The van der Waals surface area contributed by atoms with Gasteiger partial charge in [-0.15, -0.1) is 0 Å². The fourth-order valence-corrected chi connectivity index (χ4v) is 6.15. The maximum Gasteiger partial charge on any atom is 0.439 e. The molecule has 4 heterocycles. The molecule has 3 atom stereocenters. The van der Waals surface area contributed by atoms with Crippen molar-refractivity contribution in [3.63, 3.8) is 0 Å². The second-order valence-corrected chi connectivity index (χ2v) is 11.1. The van der Waals surface area contributed by atoms with E-state index >= 15 is 4.39 Å². The Morgan fingerprint density at radius 1 is 1.07 bits per heavy atom. The van der Waals surface area contributed by atoms with Crippen LogP contribution in [0.2, 0.25) is 0 Å². The molecular weight excluding hydrogens is 539 g/mol. The van der Waals surface area contributed by atoms with E-state index in [4.69, 9.17) is 4.74 Å². The summed E-state index contributed by atoms with van der Waals surface area (Å²) in [5, 5.41) is 8.46. The number of ether oxygens (including phenoxy) is 1. The smallest absolute Gasteiger partial charge is 0.375 e. The number of rotatable bonds is 7. The molecule has 2 aromatic carbocycles. The van der Waals surface area contributed by atoms with Crippen LogP contribution in [0.15, 0.2) is 56.6 Å². The van der Waals surface area contributed by atoms with Crippen molar-refractivity contribution < 1.29 is 13.7 Å². The fourth-order valence-electron chi connectivity index (χ4n) is 6.15. The van der Waals surface area contributed by atoms with E-state index in [-0.39, 0.29) is 36.1 Å². The lowest BCUT2D eigenvalue weighted by Crippen LogP contribution is -2.38. The minimum Gasteiger partial charge on any atom is -0.375 e. The first kappa shape index (κ1) is 27.8. The normalized spacial score (nSPS) is 19.0. The van der Waals surface area contributed by atoms with E-state index < -0.39 is 11.6 Å². The number of nitrogens with zero attached hydrogens (tertiary/aromatic N) is 5. The number of H-pyrrole nitrogens is 1. The molecule has 0 bridgehead atoms. The third-order valence-electron chi connectivity index (χ3n) is 7.87. The highest BCUT2D eigenvalue weighted by Gasteiger charge is 2.30. The van der Waals surface area contributed by atoms with E-state index in [2.05, 4.69) is 24.7 Å². The number of benzene rings is 2. The van der Waals surface area contributed by atoms with Gasteiger partial charge in [-0.05, 0) is 62.8 Å². The average Bonchev–Trinajstić information content (AvgIpc) is 3.56. The Labute approximate surface area is 241 Å². The number of hydrogen-bond donors (Lipinski definition) is 1. The van der Waals surface area contributed by atoms with Gasteiger partial charge in [-0.25, -0.2) is 13.7 Å². The van der Waals surface area contributed by atoms with Gasteiger partial charge in [0.05, 0.1) is 17.9 Å². The maximum absolute atomic E-state index is 15.8. The summed E-state index contributed by atoms with van der Waals surface area (Å²) in [6.07, 6.45) is 2.86. The summed E-state index contributed by atoms with van der Waals surface area (Å²) >= 11 is 0. The number of hydrogen-bond acceptors (Lipinski definition) is 7. The third kappa shape index (κ3) is 5.09. The Hall–Kier alpha value is -4.38. The van der Waals surface area contributed by atoms with Gasteiger partial charge in [0.15, 0.2) is 5.82 Å². The molecule has 11 heteroatoms. The van der Waals surface area contributed by atoms with Gasteiger partial charge < -0.3 is 4.74 Å². The van der Waals surface area contributed by atoms with Crippen molar-refractivity contribution in [3.8, 4) is 22.5 Å². The van der Waals surface area contributed by atoms with Gasteiger partial charge in [0, 0.05) is 23.6 Å². The number of nitrogens with one attached hydrogen (secondary N) is 1. The largest absolute Gasteiger partial charge is 0.439 e. The van der Waals surface area contributed by atoms with Crippen LogP contribution in [-0.2, 0) is 17.6 Å². The summed E-state index contributed by atoms with van der Waals surface area (Å²) in [7, 11) is 0. The molecule has 1 saturated heterocycles. The molecule has 3 aromatic heterocycles. The van der Waals surface area contributed by atoms with Crippen molar-refractivity contribution in [2.45, 2.75) is 78.0 Å². The van der Waals surface area contributed by atoms with Gasteiger partial charge in [0.1, 0.15) is 11.6 Å². The van der Waals surface area contributed by atoms with E-state index in [1.54, 1.807) is 27.3 Å². The minimum absolute atomic E-state index is 0.00330. The second-order valence-electron chi connectivity index (χ2n) is 11.1. The van der Waals surface area contributed by atoms with E-state index in [0.29, 0.717) is 58.7 Å². The molecule has 1 N–H and O–H groups in total. The zero-order chi connectivity index (χ0) is 29.5. The number of fused-ring (bicyclic) bond motifs is 1. The van der Waals surface area contributed by atoms with Crippen LogP contribution in [0.3, 0.4) is 0 Å². The van der Waals surface area contributed by atoms with Crippen molar-refractivity contribution in [3.05, 3.63) is 91.8 Å². The van der Waals surface area contributed by atoms with Gasteiger partial charge in [-0.3, -0.25) is 18.9 Å². The molecule has 0 radical (unpaired) electrons. The molecule has 6 rings (SSSR count). The predicted octanol–water partition coefficient (Wildman–Crippen LogP) is 5.02. The highest BCUT2D eigenvalue weighted by atomic mass is 19.1. The van der Waals surface area contributed by atoms with Crippen LogP contribution in [0.5, 0.6) is 0 Å². The quantitative estimate of drug-likeness (QED) is 0.291. The monoisotopic (exact) mass is 572 g/mol. The molecule has 5 aromatic rings. The lowest BCUT2D eigenvalue weighted by Gasteiger charge is -2.33. The molecular formula is C31H33FN6O4. The Morgan fingerprint density at radius 2 is 1.81 bits per heavy atom. The summed E-state index contributed by atoms with van der Waals surface area (Å²) in [6.45, 7) is 7.89. The van der Waals surface area contributed by atoms with Crippen molar-refractivity contribution in [2.75, 3.05) is 0 Å². The Kier molecular flexibility index (Phi) is 7.36. The van der Waals surface area contributed by atoms with Gasteiger partial charge in [-0.1, -0.05) is 54.9 Å². The van der Waals surface area contributed by atoms with Crippen LogP contribution in [0.25, 0.3) is 28.3 Å². The molecule has 0 unspecified atom stereocenters. The Morgan fingerprint density at radius 3 is 2.48 bits per heavy atom. The second kappa shape index (κ2) is 11.1. The van der Waals surface area contributed by atoms with Crippen LogP contribution in [0, 0.1) is 12.7 Å². The fraction of sp³-hybridized carbons (Fsp3) is 0.387. The summed E-state index contributed by atoms with van der Waals surface area (Å²) in [6, 6.07) is 12.1. The summed E-state index contributed by atoms with van der Waals surface area (Å²) in [4.78, 5) is 33.0. The average molecular weight is 573 g/mol. The molecule has 0 amide bonds. The highest BCUT2D eigenvalue weighted by molar-refractivity contribution is 5.80. The van der Waals surface area contributed by atoms with Gasteiger partial charge in [0.2, 0.25) is 5.78 Å². The zero-order valence-corrected chi connectivity index (χ0v) is 24.1. The van der Waals surface area contributed by atoms with Crippen molar-refractivity contribution >= 4 is 5.78 Å². The zero-order valence-electron chi connectivity index (χ0n) is 24.1.